The van der Waals surface area contributed by atoms with Crippen LogP contribution in [0.1, 0.15) is 40.3 Å². The van der Waals surface area contributed by atoms with Gasteiger partial charge in [0.05, 0.1) is 12.3 Å². The van der Waals surface area contributed by atoms with Crippen LogP contribution >= 0.6 is 0 Å². The second-order valence-corrected chi connectivity index (χ2v) is 6.60. The summed E-state index contributed by atoms with van der Waals surface area (Å²) in [5.41, 5.74) is 5.88. The number of esters is 1. The Balaban J connectivity index is 2.32. The number of rotatable bonds is 4. The minimum atomic E-state index is -0.501. The summed E-state index contributed by atoms with van der Waals surface area (Å²) in [5.74, 6) is -0.730. The van der Waals surface area contributed by atoms with Gasteiger partial charge in [-0.3, -0.25) is 9.36 Å². The van der Waals surface area contributed by atoms with Gasteiger partial charge in [-0.05, 0) is 38.0 Å². The largest absolute Gasteiger partial charge is 0.461 e. The molecule has 4 heteroatoms. The van der Waals surface area contributed by atoms with E-state index < -0.39 is 5.97 Å². The third-order valence-electron chi connectivity index (χ3n) is 4.49. The van der Waals surface area contributed by atoms with Crippen molar-refractivity contribution in [3.05, 3.63) is 71.4 Å². The first-order chi connectivity index (χ1) is 12.9. The van der Waals surface area contributed by atoms with Gasteiger partial charge in [0.15, 0.2) is 0 Å². The Morgan fingerprint density at radius 3 is 1.89 bits per heavy atom. The summed E-state index contributed by atoms with van der Waals surface area (Å²) in [6.45, 7) is 7.50. The van der Waals surface area contributed by atoms with Gasteiger partial charge in [0, 0.05) is 12.5 Å². The van der Waals surface area contributed by atoms with Gasteiger partial charge in [-0.15, -0.1) is 0 Å². The zero-order valence-corrected chi connectivity index (χ0v) is 16.1. The Labute approximate surface area is 159 Å². The van der Waals surface area contributed by atoms with E-state index in [1.165, 1.54) is 11.5 Å². The van der Waals surface area contributed by atoms with Crippen LogP contribution in [0.4, 0.5) is 0 Å². The van der Waals surface area contributed by atoms with Gasteiger partial charge < -0.3 is 4.74 Å². The minimum Gasteiger partial charge on any atom is -0.461 e. The van der Waals surface area contributed by atoms with Crippen LogP contribution < -0.4 is 0 Å². The molecule has 0 atom stereocenters. The van der Waals surface area contributed by atoms with Crippen molar-refractivity contribution < 1.29 is 14.3 Å². The number of ether oxygens (including phenoxy) is 1. The standard InChI is InChI=1S/C23H23NO3/c1-5-27-23(26)21-14-20(18-10-6-15(2)7-11-18)22(24(21)17(4)25)19-12-8-16(3)9-13-19/h6-14H,5H2,1-4H3. The van der Waals surface area contributed by atoms with E-state index in [0.29, 0.717) is 5.69 Å². The lowest BCUT2D eigenvalue weighted by Gasteiger charge is -2.12. The number of carbonyl (C=O) groups excluding carboxylic acids is 2. The van der Waals surface area contributed by atoms with E-state index in [9.17, 15) is 9.59 Å². The van der Waals surface area contributed by atoms with Crippen molar-refractivity contribution in [1.82, 2.24) is 4.57 Å². The lowest BCUT2D eigenvalue weighted by molar-refractivity contribution is 0.0509. The molecule has 2 aromatic carbocycles. The predicted octanol–water partition coefficient (Wildman–Crippen LogP) is 5.28. The number of nitrogens with zero attached hydrogens (tertiary/aromatic N) is 1. The summed E-state index contributed by atoms with van der Waals surface area (Å²) in [4.78, 5) is 25.0. The van der Waals surface area contributed by atoms with Gasteiger partial charge in [-0.25, -0.2) is 4.79 Å². The highest BCUT2D eigenvalue weighted by Gasteiger charge is 2.25. The second-order valence-electron chi connectivity index (χ2n) is 6.60. The van der Waals surface area contributed by atoms with Crippen LogP contribution in [-0.2, 0) is 4.74 Å². The van der Waals surface area contributed by atoms with Gasteiger partial charge in [0.1, 0.15) is 5.69 Å². The molecular formula is C23H23NO3. The van der Waals surface area contributed by atoms with Crippen molar-refractivity contribution >= 4 is 11.9 Å². The van der Waals surface area contributed by atoms with Crippen LogP contribution in [-0.4, -0.2) is 23.1 Å². The zero-order chi connectivity index (χ0) is 19.6. The van der Waals surface area contributed by atoms with E-state index >= 15 is 0 Å². The van der Waals surface area contributed by atoms with E-state index in [1.54, 1.807) is 13.0 Å². The summed E-state index contributed by atoms with van der Waals surface area (Å²) < 4.78 is 6.64. The molecule has 138 valence electrons. The summed E-state index contributed by atoms with van der Waals surface area (Å²) in [6.07, 6.45) is 0. The van der Waals surface area contributed by atoms with Crippen molar-refractivity contribution in [3.8, 4) is 22.4 Å². The molecule has 0 saturated heterocycles. The highest BCUT2D eigenvalue weighted by atomic mass is 16.5. The van der Waals surface area contributed by atoms with Gasteiger partial charge in [-0.2, -0.15) is 0 Å². The molecule has 27 heavy (non-hydrogen) atoms. The average Bonchev–Trinajstić information content (AvgIpc) is 3.04. The fraction of sp³-hybridized carbons (Fsp3) is 0.217. The monoisotopic (exact) mass is 361 g/mol. The topological polar surface area (TPSA) is 48.3 Å². The first-order valence-electron chi connectivity index (χ1n) is 9.00. The number of carbonyl (C=O) groups is 2. The summed E-state index contributed by atoms with van der Waals surface area (Å²) >= 11 is 0. The quantitative estimate of drug-likeness (QED) is 0.594. The molecule has 0 spiro atoms. The molecule has 0 bridgehead atoms. The molecule has 0 aliphatic rings. The van der Waals surface area contributed by atoms with Crippen LogP contribution in [0.2, 0.25) is 0 Å². The van der Waals surface area contributed by atoms with E-state index in [2.05, 4.69) is 0 Å². The number of benzene rings is 2. The van der Waals surface area contributed by atoms with Gasteiger partial charge in [0.2, 0.25) is 5.91 Å². The van der Waals surface area contributed by atoms with Crippen molar-refractivity contribution in [1.29, 1.82) is 0 Å². The molecular weight excluding hydrogens is 338 g/mol. The highest BCUT2D eigenvalue weighted by molar-refractivity contribution is 6.01. The molecule has 3 aromatic rings. The molecule has 0 radical (unpaired) electrons. The van der Waals surface area contributed by atoms with Crippen LogP contribution in [0.3, 0.4) is 0 Å². The Hall–Kier alpha value is -3.14. The van der Waals surface area contributed by atoms with Crippen LogP contribution in [0.25, 0.3) is 22.4 Å². The molecule has 0 N–H and O–H groups in total. The Bertz CT molecular complexity index is 980. The molecule has 0 aliphatic carbocycles. The first-order valence-corrected chi connectivity index (χ1v) is 9.00. The predicted molar refractivity (Wildman–Crippen MR) is 107 cm³/mol. The molecule has 0 aliphatic heterocycles. The molecule has 0 unspecified atom stereocenters. The van der Waals surface area contributed by atoms with Crippen LogP contribution in [0.15, 0.2) is 54.6 Å². The maximum absolute atomic E-state index is 12.5. The molecule has 4 nitrogen and oxygen atoms in total. The van der Waals surface area contributed by atoms with Crippen molar-refractivity contribution in [2.45, 2.75) is 27.7 Å². The second kappa shape index (κ2) is 7.62. The number of hydrogen-bond acceptors (Lipinski definition) is 3. The normalized spacial score (nSPS) is 10.7. The van der Waals surface area contributed by atoms with E-state index in [0.717, 1.165) is 27.8 Å². The maximum Gasteiger partial charge on any atom is 0.355 e. The average molecular weight is 361 g/mol. The summed E-state index contributed by atoms with van der Waals surface area (Å²) in [7, 11) is 0. The van der Waals surface area contributed by atoms with Gasteiger partial charge >= 0.3 is 5.97 Å². The molecule has 1 heterocycles. The van der Waals surface area contributed by atoms with Crippen molar-refractivity contribution in [3.63, 3.8) is 0 Å². The van der Waals surface area contributed by atoms with Crippen LogP contribution in [0.5, 0.6) is 0 Å². The number of aryl methyl sites for hydroxylation is 2. The lowest BCUT2D eigenvalue weighted by Crippen LogP contribution is -2.17. The van der Waals surface area contributed by atoms with Crippen molar-refractivity contribution in [2.75, 3.05) is 6.61 Å². The summed E-state index contributed by atoms with van der Waals surface area (Å²) in [5, 5.41) is 0. The van der Waals surface area contributed by atoms with Gasteiger partial charge in [0.25, 0.3) is 0 Å². The minimum absolute atomic E-state index is 0.230. The molecule has 0 amide bonds. The molecule has 3 rings (SSSR count). The maximum atomic E-state index is 12.5. The molecule has 0 saturated carbocycles. The van der Waals surface area contributed by atoms with Gasteiger partial charge in [-0.1, -0.05) is 59.7 Å². The first kappa shape index (κ1) is 18.6. The smallest absolute Gasteiger partial charge is 0.355 e. The van der Waals surface area contributed by atoms with E-state index in [1.807, 2.05) is 62.4 Å². The Morgan fingerprint density at radius 2 is 1.41 bits per heavy atom. The Kier molecular flexibility index (Phi) is 5.26. The van der Waals surface area contributed by atoms with E-state index in [4.69, 9.17) is 4.74 Å². The lowest BCUT2D eigenvalue weighted by atomic mass is 9.99. The SMILES string of the molecule is CCOC(=O)c1cc(-c2ccc(C)cc2)c(-c2ccc(C)cc2)n1C(C)=O. The molecule has 0 fully saturated rings. The third kappa shape index (κ3) is 3.70. The molecule has 1 aromatic heterocycles. The Morgan fingerprint density at radius 1 is 0.889 bits per heavy atom. The number of hydrogen-bond donors (Lipinski definition) is 0. The van der Waals surface area contributed by atoms with Crippen LogP contribution in [0, 0.1) is 13.8 Å². The van der Waals surface area contributed by atoms with E-state index in [-0.39, 0.29) is 18.2 Å². The number of aromatic nitrogens is 1. The fourth-order valence-corrected chi connectivity index (χ4v) is 3.14. The highest BCUT2D eigenvalue weighted by Crippen LogP contribution is 2.36. The van der Waals surface area contributed by atoms with Crippen molar-refractivity contribution in [2.24, 2.45) is 0 Å². The summed E-state index contributed by atoms with van der Waals surface area (Å²) in [6, 6.07) is 17.7. The third-order valence-corrected chi connectivity index (χ3v) is 4.49. The zero-order valence-electron chi connectivity index (χ0n) is 16.1. The fourth-order valence-electron chi connectivity index (χ4n) is 3.14.